The average Bonchev–Trinajstić information content (AvgIpc) is 2.85. The molecule has 0 bridgehead atoms. The fraction of sp³-hybridized carbons (Fsp3) is 0.0714. The van der Waals surface area contributed by atoms with Gasteiger partial charge in [-0.25, -0.2) is 4.79 Å². The third-order valence-electron chi connectivity index (χ3n) is 2.88. The van der Waals surface area contributed by atoms with Crippen LogP contribution in [0.2, 0.25) is 0 Å². The summed E-state index contributed by atoms with van der Waals surface area (Å²) in [4.78, 5) is 29.3. The highest BCUT2D eigenvalue weighted by Crippen LogP contribution is 2.12. The quantitative estimate of drug-likeness (QED) is 0.773. The van der Waals surface area contributed by atoms with E-state index in [0.717, 1.165) is 5.56 Å². The molecule has 0 unspecified atom stereocenters. The van der Waals surface area contributed by atoms with Gasteiger partial charge in [-0.15, -0.1) is 12.4 Å². The van der Waals surface area contributed by atoms with Crippen LogP contribution in [-0.2, 0) is 6.54 Å². The first kappa shape index (κ1) is 14.8. The number of oxazole rings is 1. The van der Waals surface area contributed by atoms with Crippen LogP contribution in [-0.4, -0.2) is 15.9 Å². The molecule has 1 amide bonds. The Kier molecular flexibility index (Phi) is 4.39. The van der Waals surface area contributed by atoms with Gasteiger partial charge < -0.3 is 9.73 Å². The second-order valence-electron chi connectivity index (χ2n) is 4.26. The minimum absolute atomic E-state index is 0. The summed E-state index contributed by atoms with van der Waals surface area (Å²) in [6.45, 7) is 0.353. The van der Waals surface area contributed by atoms with Crippen LogP contribution in [0, 0.1) is 0 Å². The zero-order valence-electron chi connectivity index (χ0n) is 10.8. The molecule has 0 fully saturated rings. The lowest BCUT2D eigenvalue weighted by molar-refractivity contribution is 0.0951. The number of halogens is 1. The molecule has 0 radical (unpaired) electrons. The molecule has 108 valence electrons. The average molecular weight is 306 g/mol. The molecular weight excluding hydrogens is 294 g/mol. The van der Waals surface area contributed by atoms with Crippen LogP contribution in [0.25, 0.3) is 11.1 Å². The van der Waals surface area contributed by atoms with E-state index in [-0.39, 0.29) is 18.3 Å². The minimum atomic E-state index is -0.488. The van der Waals surface area contributed by atoms with Gasteiger partial charge in [-0.1, -0.05) is 6.07 Å². The van der Waals surface area contributed by atoms with Crippen LogP contribution in [0.1, 0.15) is 15.9 Å². The van der Waals surface area contributed by atoms with E-state index < -0.39 is 5.76 Å². The molecular formula is C14H12ClN3O3. The van der Waals surface area contributed by atoms with Crippen molar-refractivity contribution in [1.29, 1.82) is 0 Å². The molecule has 0 aliphatic rings. The van der Waals surface area contributed by atoms with Crippen molar-refractivity contribution in [3.63, 3.8) is 0 Å². The van der Waals surface area contributed by atoms with Crippen molar-refractivity contribution in [3.8, 4) is 0 Å². The number of fused-ring (bicyclic) bond motifs is 1. The predicted molar refractivity (Wildman–Crippen MR) is 79.5 cm³/mol. The number of H-pyrrole nitrogens is 1. The molecule has 7 heteroatoms. The SMILES string of the molecule is Cl.O=C(NCc1ccc2[nH]c(=O)oc2c1)c1ccncc1. The Labute approximate surface area is 125 Å². The van der Waals surface area contributed by atoms with E-state index in [9.17, 15) is 9.59 Å². The molecule has 0 spiro atoms. The van der Waals surface area contributed by atoms with Gasteiger partial charge >= 0.3 is 5.76 Å². The Morgan fingerprint density at radius 1 is 1.24 bits per heavy atom. The first-order chi connectivity index (χ1) is 9.72. The molecule has 0 saturated carbocycles. The van der Waals surface area contributed by atoms with E-state index in [1.165, 1.54) is 0 Å². The van der Waals surface area contributed by atoms with Crippen molar-refractivity contribution in [2.24, 2.45) is 0 Å². The van der Waals surface area contributed by atoms with Crippen LogP contribution in [0.5, 0.6) is 0 Å². The highest BCUT2D eigenvalue weighted by Gasteiger charge is 2.06. The summed E-state index contributed by atoms with van der Waals surface area (Å²) >= 11 is 0. The second-order valence-corrected chi connectivity index (χ2v) is 4.26. The van der Waals surface area contributed by atoms with Crippen LogP contribution < -0.4 is 11.1 Å². The van der Waals surface area contributed by atoms with E-state index in [2.05, 4.69) is 15.3 Å². The van der Waals surface area contributed by atoms with Crippen molar-refractivity contribution in [1.82, 2.24) is 15.3 Å². The van der Waals surface area contributed by atoms with E-state index in [1.54, 1.807) is 36.7 Å². The lowest BCUT2D eigenvalue weighted by Gasteiger charge is -2.04. The largest absolute Gasteiger partial charge is 0.417 e. The third kappa shape index (κ3) is 3.29. The molecule has 1 aromatic carbocycles. The number of carbonyl (C=O) groups is 1. The lowest BCUT2D eigenvalue weighted by Crippen LogP contribution is -2.22. The number of rotatable bonds is 3. The molecule has 3 aromatic rings. The van der Waals surface area contributed by atoms with Crippen LogP contribution in [0.3, 0.4) is 0 Å². The van der Waals surface area contributed by atoms with Crippen molar-refractivity contribution < 1.29 is 9.21 Å². The summed E-state index contributed by atoms with van der Waals surface area (Å²) in [5.41, 5.74) is 2.52. The van der Waals surface area contributed by atoms with E-state index in [1.807, 2.05) is 6.07 Å². The van der Waals surface area contributed by atoms with Crippen LogP contribution in [0.4, 0.5) is 0 Å². The topological polar surface area (TPSA) is 88.0 Å². The molecule has 2 N–H and O–H groups in total. The first-order valence-corrected chi connectivity index (χ1v) is 6.02. The molecule has 2 aromatic heterocycles. The maximum atomic E-state index is 11.9. The molecule has 0 atom stereocenters. The standard InChI is InChI=1S/C14H11N3O3.ClH/c18-13(10-3-5-15-6-4-10)16-8-9-1-2-11-12(7-9)20-14(19)17-11;/h1-7H,8H2,(H,16,18)(H,17,19);1H. The zero-order chi connectivity index (χ0) is 13.9. The molecule has 0 saturated heterocycles. The van der Waals surface area contributed by atoms with Gasteiger partial charge in [-0.3, -0.25) is 14.8 Å². The minimum Gasteiger partial charge on any atom is -0.408 e. The molecule has 0 aliphatic carbocycles. The summed E-state index contributed by atoms with van der Waals surface area (Å²) < 4.78 is 4.97. The lowest BCUT2D eigenvalue weighted by atomic mass is 10.2. The summed E-state index contributed by atoms with van der Waals surface area (Å²) in [6.07, 6.45) is 3.13. The van der Waals surface area contributed by atoms with E-state index in [0.29, 0.717) is 23.2 Å². The Morgan fingerprint density at radius 2 is 2.00 bits per heavy atom. The Hall–Kier alpha value is -2.60. The summed E-state index contributed by atoms with van der Waals surface area (Å²) in [5, 5.41) is 2.79. The number of nitrogens with one attached hydrogen (secondary N) is 2. The van der Waals surface area contributed by atoms with Crippen molar-refractivity contribution >= 4 is 29.4 Å². The van der Waals surface area contributed by atoms with Gasteiger partial charge in [0.2, 0.25) is 0 Å². The number of carbonyl (C=O) groups excluding carboxylic acids is 1. The van der Waals surface area contributed by atoms with Gasteiger partial charge in [-0.2, -0.15) is 0 Å². The van der Waals surface area contributed by atoms with E-state index >= 15 is 0 Å². The number of pyridine rings is 1. The smallest absolute Gasteiger partial charge is 0.408 e. The molecule has 6 nitrogen and oxygen atoms in total. The molecule has 3 rings (SSSR count). The van der Waals surface area contributed by atoms with Gasteiger partial charge in [-0.05, 0) is 29.8 Å². The fourth-order valence-corrected chi connectivity index (χ4v) is 1.89. The maximum Gasteiger partial charge on any atom is 0.417 e. The number of hydrogen-bond donors (Lipinski definition) is 2. The number of benzene rings is 1. The summed E-state index contributed by atoms with van der Waals surface area (Å²) in [6, 6.07) is 8.57. The van der Waals surface area contributed by atoms with Gasteiger partial charge in [0.15, 0.2) is 5.58 Å². The Balaban J connectivity index is 0.00000161. The van der Waals surface area contributed by atoms with E-state index in [4.69, 9.17) is 4.42 Å². The molecule has 0 aliphatic heterocycles. The van der Waals surface area contributed by atoms with Crippen molar-refractivity contribution in [2.75, 3.05) is 0 Å². The summed E-state index contributed by atoms with van der Waals surface area (Å²) in [7, 11) is 0. The number of amides is 1. The highest BCUT2D eigenvalue weighted by molar-refractivity contribution is 5.93. The predicted octanol–water partition coefficient (Wildman–Crippen LogP) is 1.87. The number of hydrogen-bond acceptors (Lipinski definition) is 4. The maximum absolute atomic E-state index is 11.9. The van der Waals surface area contributed by atoms with Gasteiger partial charge in [0, 0.05) is 24.5 Å². The van der Waals surface area contributed by atoms with Gasteiger partial charge in [0.05, 0.1) is 5.52 Å². The number of nitrogens with zero attached hydrogens (tertiary/aromatic N) is 1. The first-order valence-electron chi connectivity index (χ1n) is 6.02. The zero-order valence-corrected chi connectivity index (χ0v) is 11.6. The summed E-state index contributed by atoms with van der Waals surface area (Å²) in [5.74, 6) is -0.666. The van der Waals surface area contributed by atoms with Crippen molar-refractivity contribution in [2.45, 2.75) is 6.54 Å². The Bertz CT molecular complexity index is 811. The van der Waals surface area contributed by atoms with Crippen LogP contribution in [0.15, 0.2) is 51.9 Å². The van der Waals surface area contributed by atoms with Gasteiger partial charge in [0.1, 0.15) is 0 Å². The molecule has 21 heavy (non-hydrogen) atoms. The highest BCUT2D eigenvalue weighted by atomic mass is 35.5. The molecule has 2 heterocycles. The van der Waals surface area contributed by atoms with Crippen LogP contribution >= 0.6 is 12.4 Å². The monoisotopic (exact) mass is 305 g/mol. The van der Waals surface area contributed by atoms with Crippen molar-refractivity contribution in [3.05, 3.63) is 64.4 Å². The fourth-order valence-electron chi connectivity index (χ4n) is 1.89. The number of aromatic nitrogens is 2. The third-order valence-corrected chi connectivity index (χ3v) is 2.88. The normalized spacial score (nSPS) is 10.1. The van der Waals surface area contributed by atoms with Gasteiger partial charge in [0.25, 0.3) is 5.91 Å². The second kappa shape index (κ2) is 6.23. The number of aromatic amines is 1. The Morgan fingerprint density at radius 3 is 2.76 bits per heavy atom.